The summed E-state index contributed by atoms with van der Waals surface area (Å²) in [6.45, 7) is 5.11. The molecule has 1 radical (unpaired) electrons. The van der Waals surface area contributed by atoms with E-state index in [1.54, 1.807) is 26.0 Å². The van der Waals surface area contributed by atoms with Crippen LogP contribution in [0.3, 0.4) is 0 Å². The summed E-state index contributed by atoms with van der Waals surface area (Å²) in [5.74, 6) is 0. The lowest BCUT2D eigenvalue weighted by Gasteiger charge is -2.04. The van der Waals surface area contributed by atoms with Gasteiger partial charge in [0.1, 0.15) is 5.60 Å². The van der Waals surface area contributed by atoms with Crippen molar-refractivity contribution in [3.05, 3.63) is 12.2 Å². The Balaban J connectivity index is 3.56. The molecule has 0 N–H and O–H groups in total. The van der Waals surface area contributed by atoms with Crippen molar-refractivity contribution >= 4 is 0 Å². The zero-order valence-corrected chi connectivity index (χ0v) is 5.06. The molecule has 0 atom stereocenters. The van der Waals surface area contributed by atoms with Crippen molar-refractivity contribution in [1.82, 2.24) is 0 Å². The first-order valence-corrected chi connectivity index (χ1v) is 2.40. The first-order valence-electron chi connectivity index (χ1n) is 2.40. The molecule has 0 bridgehead atoms. The van der Waals surface area contributed by atoms with Crippen LogP contribution in [-0.2, 0) is 5.11 Å². The topological polar surface area (TPSA) is 19.9 Å². The van der Waals surface area contributed by atoms with E-state index in [0.717, 1.165) is 0 Å². The van der Waals surface area contributed by atoms with Crippen molar-refractivity contribution < 1.29 is 5.11 Å². The van der Waals surface area contributed by atoms with Gasteiger partial charge in [0.2, 0.25) is 0 Å². The Labute approximate surface area is 44.7 Å². The molecule has 0 unspecified atom stereocenters. The maximum Gasteiger partial charge on any atom is 0.116 e. The summed E-state index contributed by atoms with van der Waals surface area (Å²) >= 11 is 0. The number of hydrogen-bond donors (Lipinski definition) is 0. The van der Waals surface area contributed by atoms with Crippen LogP contribution in [0.1, 0.15) is 20.8 Å². The van der Waals surface area contributed by atoms with Crippen LogP contribution >= 0.6 is 0 Å². The van der Waals surface area contributed by atoms with Gasteiger partial charge >= 0.3 is 0 Å². The maximum atomic E-state index is 10.6. The predicted octanol–water partition coefficient (Wildman–Crippen LogP) is 1.77. The number of hydrogen-bond acceptors (Lipinski definition) is 0. The Kier molecular flexibility index (Phi) is 2.03. The van der Waals surface area contributed by atoms with Crippen LogP contribution in [-0.4, -0.2) is 5.60 Å². The van der Waals surface area contributed by atoms with Gasteiger partial charge in [0, 0.05) is 0 Å². The SMILES string of the molecule is CC=CC(C)(C)[O]. The van der Waals surface area contributed by atoms with Gasteiger partial charge in [0.05, 0.1) is 0 Å². The second-order valence-electron chi connectivity index (χ2n) is 2.10. The minimum atomic E-state index is -0.880. The van der Waals surface area contributed by atoms with Crippen molar-refractivity contribution in [2.75, 3.05) is 0 Å². The van der Waals surface area contributed by atoms with Crippen molar-refractivity contribution in [3.63, 3.8) is 0 Å². The van der Waals surface area contributed by atoms with Gasteiger partial charge in [-0.05, 0) is 20.8 Å². The van der Waals surface area contributed by atoms with Crippen LogP contribution in [0.5, 0.6) is 0 Å². The molecule has 0 aromatic carbocycles. The van der Waals surface area contributed by atoms with Crippen LogP contribution < -0.4 is 0 Å². The first kappa shape index (κ1) is 6.70. The largest absolute Gasteiger partial charge is 0.226 e. The zero-order valence-electron chi connectivity index (χ0n) is 5.06. The fraction of sp³-hybridized carbons (Fsp3) is 0.667. The Hall–Kier alpha value is -0.300. The fourth-order valence-electron chi connectivity index (χ4n) is 0.401. The molecule has 0 fully saturated rings. The molecule has 0 heterocycles. The quantitative estimate of drug-likeness (QED) is 0.446. The van der Waals surface area contributed by atoms with Crippen molar-refractivity contribution in [2.24, 2.45) is 0 Å². The van der Waals surface area contributed by atoms with Gasteiger partial charge in [-0.1, -0.05) is 12.2 Å². The highest BCUT2D eigenvalue weighted by Gasteiger charge is 2.06. The van der Waals surface area contributed by atoms with Gasteiger partial charge in [-0.2, -0.15) is 0 Å². The lowest BCUT2D eigenvalue weighted by Crippen LogP contribution is -2.10. The molecule has 1 nitrogen and oxygen atoms in total. The van der Waals surface area contributed by atoms with E-state index in [1.807, 2.05) is 6.92 Å². The molecule has 0 spiro atoms. The molecule has 0 amide bonds. The third-order valence-electron chi connectivity index (χ3n) is 0.568. The highest BCUT2D eigenvalue weighted by atomic mass is 16.3. The predicted molar refractivity (Wildman–Crippen MR) is 29.6 cm³/mol. The van der Waals surface area contributed by atoms with Crippen molar-refractivity contribution in [1.29, 1.82) is 0 Å². The van der Waals surface area contributed by atoms with E-state index >= 15 is 0 Å². The monoisotopic (exact) mass is 99.1 g/mol. The minimum absolute atomic E-state index is 0.880. The summed E-state index contributed by atoms with van der Waals surface area (Å²) in [5.41, 5.74) is -0.880. The van der Waals surface area contributed by atoms with Gasteiger partial charge in [-0.25, -0.2) is 5.11 Å². The Morgan fingerprint density at radius 1 is 1.43 bits per heavy atom. The Bertz CT molecular complexity index is 66.7. The minimum Gasteiger partial charge on any atom is -0.226 e. The second-order valence-corrected chi connectivity index (χ2v) is 2.10. The summed E-state index contributed by atoms with van der Waals surface area (Å²) in [4.78, 5) is 0. The fourth-order valence-corrected chi connectivity index (χ4v) is 0.401. The van der Waals surface area contributed by atoms with Crippen LogP contribution in [0.25, 0.3) is 0 Å². The van der Waals surface area contributed by atoms with Crippen LogP contribution in [0.2, 0.25) is 0 Å². The van der Waals surface area contributed by atoms with Crippen LogP contribution in [0.15, 0.2) is 12.2 Å². The molecule has 0 aliphatic rings. The van der Waals surface area contributed by atoms with Gasteiger partial charge in [0.15, 0.2) is 0 Å². The van der Waals surface area contributed by atoms with E-state index in [-0.39, 0.29) is 0 Å². The van der Waals surface area contributed by atoms with E-state index in [9.17, 15) is 5.11 Å². The van der Waals surface area contributed by atoms with E-state index < -0.39 is 5.60 Å². The second kappa shape index (κ2) is 2.12. The van der Waals surface area contributed by atoms with Crippen molar-refractivity contribution in [3.8, 4) is 0 Å². The summed E-state index contributed by atoms with van der Waals surface area (Å²) in [7, 11) is 0. The normalized spacial score (nSPS) is 13.1. The summed E-state index contributed by atoms with van der Waals surface area (Å²) in [6.07, 6.45) is 3.40. The van der Waals surface area contributed by atoms with E-state index in [4.69, 9.17) is 0 Å². The molecule has 7 heavy (non-hydrogen) atoms. The summed E-state index contributed by atoms with van der Waals surface area (Å²) in [5, 5.41) is 10.6. The zero-order chi connectivity index (χ0) is 5.91. The smallest absolute Gasteiger partial charge is 0.116 e. The third kappa shape index (κ3) is 5.70. The molecule has 0 aliphatic carbocycles. The van der Waals surface area contributed by atoms with Crippen LogP contribution in [0, 0.1) is 0 Å². The average Bonchev–Trinajstić information content (AvgIpc) is 1.30. The maximum absolute atomic E-state index is 10.6. The number of rotatable bonds is 1. The van der Waals surface area contributed by atoms with E-state index in [2.05, 4.69) is 0 Å². The standard InChI is InChI=1S/C6H11O/c1-4-5-6(2,3)7/h4-5H,1-3H3. The molecular formula is C6H11O. The van der Waals surface area contributed by atoms with Gasteiger partial charge in [0.25, 0.3) is 0 Å². The molecule has 0 aromatic heterocycles. The molecule has 0 aromatic rings. The molecule has 41 valence electrons. The summed E-state index contributed by atoms with van der Waals surface area (Å²) < 4.78 is 0. The van der Waals surface area contributed by atoms with E-state index in [1.165, 1.54) is 0 Å². The van der Waals surface area contributed by atoms with Crippen molar-refractivity contribution in [2.45, 2.75) is 26.4 Å². The molecular weight excluding hydrogens is 88.1 g/mol. The van der Waals surface area contributed by atoms with Gasteiger partial charge in [-0.15, -0.1) is 0 Å². The van der Waals surface area contributed by atoms with Gasteiger partial charge in [-0.3, -0.25) is 0 Å². The average molecular weight is 99.2 g/mol. The lowest BCUT2D eigenvalue weighted by atomic mass is 10.1. The number of allylic oxidation sites excluding steroid dienone is 1. The molecule has 1 heteroatoms. The Morgan fingerprint density at radius 2 is 1.86 bits per heavy atom. The summed E-state index contributed by atoms with van der Waals surface area (Å²) in [6, 6.07) is 0. The highest BCUT2D eigenvalue weighted by Crippen LogP contribution is 2.01. The third-order valence-corrected chi connectivity index (χ3v) is 0.568. The highest BCUT2D eigenvalue weighted by molar-refractivity contribution is 4.92. The van der Waals surface area contributed by atoms with E-state index in [0.29, 0.717) is 0 Å². The molecule has 0 rings (SSSR count). The lowest BCUT2D eigenvalue weighted by molar-refractivity contribution is 0.0489. The van der Waals surface area contributed by atoms with Gasteiger partial charge < -0.3 is 0 Å². The first-order chi connectivity index (χ1) is 3.06. The molecule has 0 saturated carbocycles. The molecule has 0 aliphatic heterocycles. The van der Waals surface area contributed by atoms with Crippen LogP contribution in [0.4, 0.5) is 0 Å². The Morgan fingerprint density at radius 3 is 1.86 bits per heavy atom. The molecule has 0 saturated heterocycles.